The summed E-state index contributed by atoms with van der Waals surface area (Å²) in [5, 5.41) is 11.7. The highest BCUT2D eigenvalue weighted by Crippen LogP contribution is 2.40. The molecule has 0 atom stereocenters. The standard InChI is InChI=1S/C11H18N2O5S/c14-9(15)11(2-1-3-11)8-12-10(16)13-4-6-19(17,18)7-5-13/h1-8H2,(H,12,16)(H,14,15). The minimum absolute atomic E-state index is 0.0233. The summed E-state index contributed by atoms with van der Waals surface area (Å²) in [5.74, 6) is -0.921. The topological polar surface area (TPSA) is 104 Å². The number of urea groups is 1. The van der Waals surface area contributed by atoms with Gasteiger partial charge in [0.1, 0.15) is 0 Å². The van der Waals surface area contributed by atoms with Gasteiger partial charge < -0.3 is 15.3 Å². The van der Waals surface area contributed by atoms with Crippen molar-refractivity contribution in [3.8, 4) is 0 Å². The molecule has 0 aromatic heterocycles. The van der Waals surface area contributed by atoms with Gasteiger partial charge in [0.05, 0.1) is 16.9 Å². The molecule has 0 bridgehead atoms. The van der Waals surface area contributed by atoms with Crippen molar-refractivity contribution in [2.24, 2.45) is 5.41 Å². The van der Waals surface area contributed by atoms with E-state index in [-0.39, 0.29) is 37.2 Å². The number of hydrogen-bond acceptors (Lipinski definition) is 4. The molecule has 1 heterocycles. The van der Waals surface area contributed by atoms with Crippen molar-refractivity contribution < 1.29 is 23.1 Å². The molecule has 1 saturated heterocycles. The van der Waals surface area contributed by atoms with Crippen LogP contribution in [0.3, 0.4) is 0 Å². The van der Waals surface area contributed by atoms with Gasteiger partial charge in [-0.05, 0) is 12.8 Å². The quantitative estimate of drug-likeness (QED) is 0.741. The van der Waals surface area contributed by atoms with Gasteiger partial charge in [0.2, 0.25) is 0 Å². The predicted molar refractivity (Wildman–Crippen MR) is 67.5 cm³/mol. The highest BCUT2D eigenvalue weighted by molar-refractivity contribution is 7.91. The molecule has 0 radical (unpaired) electrons. The van der Waals surface area contributed by atoms with Crippen LogP contribution in [0.4, 0.5) is 4.79 Å². The van der Waals surface area contributed by atoms with Crippen LogP contribution in [0.1, 0.15) is 19.3 Å². The van der Waals surface area contributed by atoms with Gasteiger partial charge in [0, 0.05) is 19.6 Å². The van der Waals surface area contributed by atoms with Crippen molar-refractivity contribution >= 4 is 21.8 Å². The number of hydrogen-bond donors (Lipinski definition) is 2. The van der Waals surface area contributed by atoms with E-state index in [1.54, 1.807) is 0 Å². The van der Waals surface area contributed by atoms with E-state index in [2.05, 4.69) is 5.32 Å². The number of amides is 2. The van der Waals surface area contributed by atoms with E-state index in [0.29, 0.717) is 12.8 Å². The largest absolute Gasteiger partial charge is 0.481 e. The van der Waals surface area contributed by atoms with Crippen molar-refractivity contribution in [1.29, 1.82) is 0 Å². The Kier molecular flexibility index (Phi) is 3.71. The number of carboxylic acid groups (broad SMARTS) is 1. The Balaban J connectivity index is 1.84. The molecule has 0 unspecified atom stereocenters. The Morgan fingerprint density at radius 3 is 2.21 bits per heavy atom. The van der Waals surface area contributed by atoms with Gasteiger partial charge in [-0.3, -0.25) is 4.79 Å². The molecule has 1 saturated carbocycles. The van der Waals surface area contributed by atoms with Crippen LogP contribution >= 0.6 is 0 Å². The lowest BCUT2D eigenvalue weighted by Gasteiger charge is -2.38. The lowest BCUT2D eigenvalue weighted by molar-refractivity contribution is -0.153. The van der Waals surface area contributed by atoms with Gasteiger partial charge in [-0.25, -0.2) is 13.2 Å². The third-order valence-corrected chi connectivity index (χ3v) is 5.58. The summed E-state index contributed by atoms with van der Waals surface area (Å²) >= 11 is 0. The van der Waals surface area contributed by atoms with Crippen molar-refractivity contribution in [2.75, 3.05) is 31.1 Å². The molecule has 2 aliphatic rings. The van der Waals surface area contributed by atoms with Crippen molar-refractivity contribution in [2.45, 2.75) is 19.3 Å². The molecule has 8 heteroatoms. The van der Waals surface area contributed by atoms with Crippen molar-refractivity contribution in [3.63, 3.8) is 0 Å². The molecule has 2 N–H and O–H groups in total. The molecule has 19 heavy (non-hydrogen) atoms. The van der Waals surface area contributed by atoms with Gasteiger partial charge >= 0.3 is 12.0 Å². The smallest absolute Gasteiger partial charge is 0.317 e. The van der Waals surface area contributed by atoms with Crippen LogP contribution in [-0.4, -0.2) is 61.6 Å². The van der Waals surface area contributed by atoms with Crippen LogP contribution in [-0.2, 0) is 14.6 Å². The number of nitrogens with one attached hydrogen (secondary N) is 1. The summed E-state index contributed by atoms with van der Waals surface area (Å²) in [5.41, 5.74) is -0.822. The molecule has 108 valence electrons. The SMILES string of the molecule is O=C(NCC1(C(=O)O)CCC1)N1CCS(=O)(=O)CC1. The van der Waals surface area contributed by atoms with E-state index in [9.17, 15) is 18.0 Å². The molecular formula is C11H18N2O5S. The Bertz CT molecular complexity index is 469. The molecule has 1 aliphatic heterocycles. The summed E-state index contributed by atoms with van der Waals surface area (Å²) in [6.45, 7) is 0.465. The minimum Gasteiger partial charge on any atom is -0.481 e. The van der Waals surface area contributed by atoms with Crippen LogP contribution in [0.25, 0.3) is 0 Å². The van der Waals surface area contributed by atoms with E-state index in [0.717, 1.165) is 6.42 Å². The van der Waals surface area contributed by atoms with E-state index >= 15 is 0 Å². The Morgan fingerprint density at radius 1 is 1.21 bits per heavy atom. The molecule has 0 spiro atoms. The Morgan fingerprint density at radius 2 is 1.79 bits per heavy atom. The van der Waals surface area contributed by atoms with Crippen molar-refractivity contribution in [3.05, 3.63) is 0 Å². The first-order chi connectivity index (χ1) is 8.85. The summed E-state index contributed by atoms with van der Waals surface area (Å²) in [7, 11) is -3.02. The Hall–Kier alpha value is -1.31. The molecule has 0 aromatic carbocycles. The molecular weight excluding hydrogens is 272 g/mol. The lowest BCUT2D eigenvalue weighted by Crippen LogP contribution is -2.53. The zero-order valence-electron chi connectivity index (χ0n) is 10.6. The maximum atomic E-state index is 11.8. The molecule has 2 fully saturated rings. The number of nitrogens with zero attached hydrogens (tertiary/aromatic N) is 1. The van der Waals surface area contributed by atoms with Crippen LogP contribution in [0.2, 0.25) is 0 Å². The lowest BCUT2D eigenvalue weighted by atomic mass is 9.69. The van der Waals surface area contributed by atoms with Crippen molar-refractivity contribution in [1.82, 2.24) is 10.2 Å². The van der Waals surface area contributed by atoms with Gasteiger partial charge in [-0.2, -0.15) is 0 Å². The average molecular weight is 290 g/mol. The number of carbonyl (C=O) groups is 2. The molecule has 2 amide bonds. The fraction of sp³-hybridized carbons (Fsp3) is 0.818. The third kappa shape index (κ3) is 2.99. The normalized spacial score (nSPS) is 24.3. The number of carbonyl (C=O) groups excluding carboxylic acids is 1. The first-order valence-electron chi connectivity index (χ1n) is 6.31. The van der Waals surface area contributed by atoms with Crippen LogP contribution in [0.5, 0.6) is 0 Å². The summed E-state index contributed by atoms with van der Waals surface area (Å²) in [6.07, 6.45) is 2.03. The monoisotopic (exact) mass is 290 g/mol. The van der Waals surface area contributed by atoms with Gasteiger partial charge in [0.15, 0.2) is 9.84 Å². The average Bonchev–Trinajstić information content (AvgIpc) is 2.26. The number of aliphatic carboxylic acids is 1. The van der Waals surface area contributed by atoms with Gasteiger partial charge in [-0.15, -0.1) is 0 Å². The second kappa shape index (κ2) is 4.99. The zero-order chi connectivity index (χ0) is 14.1. The van der Waals surface area contributed by atoms with Crippen LogP contribution in [0.15, 0.2) is 0 Å². The number of carboxylic acids is 1. The first kappa shape index (κ1) is 14.1. The predicted octanol–water partition coefficient (Wildman–Crippen LogP) is -0.319. The molecule has 2 rings (SSSR count). The zero-order valence-corrected chi connectivity index (χ0v) is 11.4. The number of rotatable bonds is 3. The van der Waals surface area contributed by atoms with Gasteiger partial charge in [-0.1, -0.05) is 6.42 Å². The Labute approximate surface area is 111 Å². The summed E-state index contributed by atoms with van der Waals surface area (Å²) < 4.78 is 22.5. The molecule has 7 nitrogen and oxygen atoms in total. The minimum atomic E-state index is -3.02. The fourth-order valence-corrected chi connectivity index (χ4v) is 3.54. The summed E-state index contributed by atoms with van der Waals surface area (Å²) in [4.78, 5) is 24.4. The maximum Gasteiger partial charge on any atom is 0.317 e. The summed E-state index contributed by atoms with van der Waals surface area (Å²) in [6, 6.07) is -0.373. The van der Waals surface area contributed by atoms with Crippen LogP contribution < -0.4 is 5.32 Å². The van der Waals surface area contributed by atoms with E-state index in [4.69, 9.17) is 5.11 Å². The van der Waals surface area contributed by atoms with E-state index < -0.39 is 21.2 Å². The molecule has 1 aliphatic carbocycles. The fourth-order valence-electron chi connectivity index (χ4n) is 2.34. The second-order valence-electron chi connectivity index (χ2n) is 5.24. The maximum absolute atomic E-state index is 11.8. The number of sulfone groups is 1. The van der Waals surface area contributed by atoms with Gasteiger partial charge in [0.25, 0.3) is 0 Å². The third-order valence-electron chi connectivity index (χ3n) is 3.97. The van der Waals surface area contributed by atoms with E-state index in [1.165, 1.54) is 4.90 Å². The first-order valence-corrected chi connectivity index (χ1v) is 8.13. The van der Waals surface area contributed by atoms with E-state index in [1.807, 2.05) is 0 Å². The molecule has 0 aromatic rings. The highest BCUT2D eigenvalue weighted by atomic mass is 32.2. The highest BCUT2D eigenvalue weighted by Gasteiger charge is 2.44. The van der Waals surface area contributed by atoms with Crippen LogP contribution in [0, 0.1) is 5.41 Å². The second-order valence-corrected chi connectivity index (χ2v) is 7.54.